The van der Waals surface area contributed by atoms with E-state index in [-0.39, 0.29) is 24.4 Å². The zero-order valence-electron chi connectivity index (χ0n) is 8.53. The molecule has 1 aromatic rings. The van der Waals surface area contributed by atoms with Gasteiger partial charge in [0, 0.05) is 12.0 Å². The van der Waals surface area contributed by atoms with E-state index < -0.39 is 0 Å². The van der Waals surface area contributed by atoms with E-state index in [0.29, 0.717) is 5.92 Å². The highest BCUT2D eigenvalue weighted by Gasteiger charge is 2.28. The summed E-state index contributed by atoms with van der Waals surface area (Å²) in [6.07, 6.45) is 2.23. The number of carbonyl (C=O) groups excluding carboxylic acids is 1. The van der Waals surface area contributed by atoms with E-state index in [1.165, 1.54) is 0 Å². The summed E-state index contributed by atoms with van der Waals surface area (Å²) in [4.78, 5) is 15.6. The van der Waals surface area contributed by atoms with Crippen LogP contribution in [0.25, 0.3) is 0 Å². The molecule has 82 valence electrons. The van der Waals surface area contributed by atoms with Crippen molar-refractivity contribution < 1.29 is 9.90 Å². The Bertz CT molecular complexity index is 359. The molecule has 0 saturated heterocycles. The number of hydrogen-bond acceptors (Lipinski definition) is 4. The monoisotopic (exact) mass is 210 g/mol. The first kappa shape index (κ1) is 10.1. The van der Waals surface area contributed by atoms with Crippen LogP contribution in [0.15, 0.2) is 0 Å². The SMILES string of the molecule is C[C@@H](CO)NC(=O)c1n[nH]c(C2CC2)n1. The molecule has 0 radical (unpaired) electrons. The molecule has 0 aliphatic heterocycles. The smallest absolute Gasteiger partial charge is 0.291 e. The van der Waals surface area contributed by atoms with E-state index in [1.807, 2.05) is 0 Å². The summed E-state index contributed by atoms with van der Waals surface area (Å²) in [6.45, 7) is 1.62. The molecule has 1 aromatic heterocycles. The van der Waals surface area contributed by atoms with Crippen LogP contribution in [0.2, 0.25) is 0 Å². The molecule has 6 nitrogen and oxygen atoms in total. The lowest BCUT2D eigenvalue weighted by Crippen LogP contribution is -2.35. The molecule has 1 heterocycles. The summed E-state index contributed by atoms with van der Waals surface area (Å²) in [5.74, 6) is 1.04. The first-order valence-corrected chi connectivity index (χ1v) is 5.04. The van der Waals surface area contributed by atoms with E-state index in [1.54, 1.807) is 6.92 Å². The standard InChI is InChI=1S/C9H14N4O2/c1-5(4-14)10-9(15)8-11-7(12-13-8)6-2-3-6/h5-6,14H,2-4H2,1H3,(H,10,15)(H,11,12,13)/t5-/m0/s1. The van der Waals surface area contributed by atoms with Gasteiger partial charge in [0.2, 0.25) is 5.82 Å². The molecular weight excluding hydrogens is 196 g/mol. The van der Waals surface area contributed by atoms with Crippen LogP contribution in [0.3, 0.4) is 0 Å². The molecule has 0 aromatic carbocycles. The average molecular weight is 210 g/mol. The van der Waals surface area contributed by atoms with E-state index in [9.17, 15) is 4.79 Å². The van der Waals surface area contributed by atoms with Crippen LogP contribution in [0, 0.1) is 0 Å². The lowest BCUT2D eigenvalue weighted by Gasteiger charge is -2.07. The Morgan fingerprint density at radius 2 is 2.47 bits per heavy atom. The maximum Gasteiger partial charge on any atom is 0.291 e. The van der Waals surface area contributed by atoms with Gasteiger partial charge in [-0.15, -0.1) is 5.10 Å². The van der Waals surface area contributed by atoms with Crippen LogP contribution >= 0.6 is 0 Å². The van der Waals surface area contributed by atoms with Crippen LogP contribution in [0.4, 0.5) is 0 Å². The zero-order chi connectivity index (χ0) is 10.8. The fraction of sp³-hybridized carbons (Fsp3) is 0.667. The largest absolute Gasteiger partial charge is 0.394 e. The number of nitrogens with zero attached hydrogens (tertiary/aromatic N) is 2. The van der Waals surface area contributed by atoms with Crippen LogP contribution in [0.1, 0.15) is 42.1 Å². The molecule has 1 aliphatic carbocycles. The second kappa shape index (κ2) is 3.98. The van der Waals surface area contributed by atoms with Crippen molar-refractivity contribution >= 4 is 5.91 Å². The quantitative estimate of drug-likeness (QED) is 0.641. The number of H-pyrrole nitrogens is 1. The maximum atomic E-state index is 11.5. The molecule has 15 heavy (non-hydrogen) atoms. The molecule has 1 amide bonds. The Kier molecular flexibility index (Phi) is 2.68. The number of aliphatic hydroxyl groups excluding tert-OH is 1. The third-order valence-corrected chi connectivity index (χ3v) is 2.32. The Hall–Kier alpha value is -1.43. The number of rotatable bonds is 4. The minimum Gasteiger partial charge on any atom is -0.394 e. The predicted octanol–water partition coefficient (Wildman–Crippen LogP) is -0.207. The second-order valence-corrected chi connectivity index (χ2v) is 3.88. The highest BCUT2D eigenvalue weighted by Crippen LogP contribution is 2.37. The second-order valence-electron chi connectivity index (χ2n) is 3.88. The fourth-order valence-corrected chi connectivity index (χ4v) is 1.25. The molecule has 1 saturated carbocycles. The van der Waals surface area contributed by atoms with Gasteiger partial charge in [-0.25, -0.2) is 4.98 Å². The fourth-order valence-electron chi connectivity index (χ4n) is 1.25. The highest BCUT2D eigenvalue weighted by atomic mass is 16.3. The normalized spacial score (nSPS) is 17.5. The molecule has 2 rings (SSSR count). The third kappa shape index (κ3) is 2.33. The van der Waals surface area contributed by atoms with Crippen molar-refractivity contribution in [3.63, 3.8) is 0 Å². The first-order valence-electron chi connectivity index (χ1n) is 5.04. The van der Waals surface area contributed by atoms with Crippen molar-refractivity contribution in [2.75, 3.05) is 6.61 Å². The Morgan fingerprint density at radius 3 is 3.07 bits per heavy atom. The van der Waals surface area contributed by atoms with Gasteiger partial charge in [-0.1, -0.05) is 0 Å². The first-order chi connectivity index (χ1) is 7.20. The minimum atomic E-state index is -0.347. The predicted molar refractivity (Wildman–Crippen MR) is 52.4 cm³/mol. The van der Waals surface area contributed by atoms with Gasteiger partial charge in [0.25, 0.3) is 5.91 Å². The summed E-state index contributed by atoms with van der Waals surface area (Å²) >= 11 is 0. The number of amides is 1. The van der Waals surface area contributed by atoms with Crippen LogP contribution in [-0.4, -0.2) is 38.8 Å². The van der Waals surface area contributed by atoms with Gasteiger partial charge in [0.05, 0.1) is 6.61 Å². The molecule has 0 bridgehead atoms. The van der Waals surface area contributed by atoms with E-state index >= 15 is 0 Å². The number of carbonyl (C=O) groups is 1. The van der Waals surface area contributed by atoms with Gasteiger partial charge in [0.1, 0.15) is 5.82 Å². The summed E-state index contributed by atoms with van der Waals surface area (Å²) in [7, 11) is 0. The number of aromatic nitrogens is 3. The minimum absolute atomic E-state index is 0.0916. The van der Waals surface area contributed by atoms with Crippen LogP contribution < -0.4 is 5.32 Å². The number of aliphatic hydroxyl groups is 1. The van der Waals surface area contributed by atoms with Gasteiger partial charge < -0.3 is 10.4 Å². The van der Waals surface area contributed by atoms with Crippen LogP contribution in [-0.2, 0) is 0 Å². The lowest BCUT2D eigenvalue weighted by molar-refractivity contribution is 0.0912. The molecule has 1 aliphatic rings. The zero-order valence-corrected chi connectivity index (χ0v) is 8.53. The lowest BCUT2D eigenvalue weighted by atomic mass is 10.3. The average Bonchev–Trinajstić information content (AvgIpc) is 2.96. The van der Waals surface area contributed by atoms with Crippen molar-refractivity contribution in [3.8, 4) is 0 Å². The van der Waals surface area contributed by atoms with Crippen molar-refractivity contribution in [3.05, 3.63) is 11.6 Å². The summed E-state index contributed by atoms with van der Waals surface area (Å²) in [6, 6.07) is -0.277. The van der Waals surface area contributed by atoms with E-state index in [2.05, 4.69) is 20.5 Å². The Morgan fingerprint density at radius 1 is 1.73 bits per heavy atom. The summed E-state index contributed by atoms with van der Waals surface area (Å²) in [5, 5.41) is 17.9. The Labute approximate surface area is 87.1 Å². The maximum absolute atomic E-state index is 11.5. The van der Waals surface area contributed by atoms with Gasteiger partial charge in [-0.05, 0) is 19.8 Å². The molecule has 0 spiro atoms. The number of hydrogen-bond donors (Lipinski definition) is 3. The van der Waals surface area contributed by atoms with Crippen LogP contribution in [0.5, 0.6) is 0 Å². The van der Waals surface area contributed by atoms with E-state index in [4.69, 9.17) is 5.11 Å². The highest BCUT2D eigenvalue weighted by molar-refractivity contribution is 5.90. The number of nitrogens with one attached hydrogen (secondary N) is 2. The van der Waals surface area contributed by atoms with Gasteiger partial charge >= 0.3 is 0 Å². The molecular formula is C9H14N4O2. The van der Waals surface area contributed by atoms with Crippen molar-refractivity contribution in [2.24, 2.45) is 0 Å². The molecule has 1 fully saturated rings. The topological polar surface area (TPSA) is 90.9 Å². The van der Waals surface area contributed by atoms with Gasteiger partial charge in [0.15, 0.2) is 0 Å². The summed E-state index contributed by atoms with van der Waals surface area (Å²) < 4.78 is 0. The number of aromatic amines is 1. The van der Waals surface area contributed by atoms with Crippen molar-refractivity contribution in [1.29, 1.82) is 0 Å². The van der Waals surface area contributed by atoms with Crippen molar-refractivity contribution in [2.45, 2.75) is 31.7 Å². The third-order valence-electron chi connectivity index (χ3n) is 2.32. The molecule has 6 heteroatoms. The van der Waals surface area contributed by atoms with Crippen molar-refractivity contribution in [1.82, 2.24) is 20.5 Å². The summed E-state index contributed by atoms with van der Waals surface area (Å²) in [5.41, 5.74) is 0. The van der Waals surface area contributed by atoms with E-state index in [0.717, 1.165) is 18.7 Å². The molecule has 0 unspecified atom stereocenters. The Balaban J connectivity index is 1.98. The van der Waals surface area contributed by atoms with Gasteiger partial charge in [-0.2, -0.15) is 0 Å². The van der Waals surface area contributed by atoms with Gasteiger partial charge in [-0.3, -0.25) is 9.89 Å². The molecule has 1 atom stereocenters. The molecule has 3 N–H and O–H groups in total.